The molecule has 0 unspecified atom stereocenters. The second-order valence-electron chi connectivity index (χ2n) is 6.58. The molecule has 8 heteroatoms. The Morgan fingerprint density at radius 3 is 2.62 bits per heavy atom. The third-order valence-corrected chi connectivity index (χ3v) is 6.74. The monoisotopic (exact) mass is 382 g/mol. The Morgan fingerprint density at radius 2 is 1.96 bits per heavy atom. The highest BCUT2D eigenvalue weighted by Crippen LogP contribution is 2.31. The maximum atomic E-state index is 13.1. The van der Waals surface area contributed by atoms with Crippen LogP contribution in [0, 0.1) is 5.92 Å². The number of ether oxygens (including phenoxy) is 2. The van der Waals surface area contributed by atoms with Gasteiger partial charge in [0.1, 0.15) is 10.6 Å². The second-order valence-corrected chi connectivity index (χ2v) is 8.49. The molecule has 1 N–H and O–H groups in total. The molecule has 144 valence electrons. The van der Waals surface area contributed by atoms with E-state index in [4.69, 9.17) is 9.47 Å². The summed E-state index contributed by atoms with van der Waals surface area (Å²) in [7, 11) is -3.72. The topological polar surface area (TPSA) is 84.9 Å². The maximum Gasteiger partial charge on any atom is 0.246 e. The number of anilines is 1. The van der Waals surface area contributed by atoms with Crippen molar-refractivity contribution < 1.29 is 22.7 Å². The summed E-state index contributed by atoms with van der Waals surface area (Å²) in [5, 5.41) is 2.87. The predicted molar refractivity (Wildman–Crippen MR) is 97.8 cm³/mol. The van der Waals surface area contributed by atoms with Gasteiger partial charge in [-0.3, -0.25) is 4.79 Å². The van der Waals surface area contributed by atoms with Gasteiger partial charge in [-0.05, 0) is 38.0 Å². The number of hydrogen-bond donors (Lipinski definition) is 1. The lowest BCUT2D eigenvalue weighted by molar-refractivity contribution is -0.119. The fraction of sp³-hybridized carbons (Fsp3) is 0.611. The molecule has 1 aromatic rings. The van der Waals surface area contributed by atoms with Crippen molar-refractivity contribution >= 4 is 21.6 Å². The number of benzene rings is 1. The molecule has 26 heavy (non-hydrogen) atoms. The van der Waals surface area contributed by atoms with Gasteiger partial charge in [0, 0.05) is 24.7 Å². The molecule has 1 heterocycles. The molecule has 0 radical (unpaired) electrons. The van der Waals surface area contributed by atoms with Crippen LogP contribution in [-0.2, 0) is 19.6 Å². The van der Waals surface area contributed by atoms with Gasteiger partial charge in [-0.15, -0.1) is 0 Å². The fourth-order valence-corrected chi connectivity index (χ4v) is 4.99. The number of rotatable bonds is 6. The van der Waals surface area contributed by atoms with Gasteiger partial charge < -0.3 is 14.8 Å². The van der Waals surface area contributed by atoms with Crippen LogP contribution >= 0.6 is 0 Å². The minimum atomic E-state index is -3.72. The van der Waals surface area contributed by atoms with Crippen molar-refractivity contribution in [2.45, 2.75) is 37.5 Å². The largest absolute Gasteiger partial charge is 0.492 e. The third-order valence-electron chi connectivity index (χ3n) is 4.82. The van der Waals surface area contributed by atoms with E-state index in [-0.39, 0.29) is 16.7 Å². The van der Waals surface area contributed by atoms with Gasteiger partial charge in [0.05, 0.1) is 19.8 Å². The van der Waals surface area contributed by atoms with Crippen LogP contribution in [0.1, 0.15) is 32.6 Å². The number of carbonyl (C=O) groups excluding carboxylic acids is 1. The number of carbonyl (C=O) groups is 1. The Balaban J connectivity index is 1.87. The first-order chi connectivity index (χ1) is 12.5. The van der Waals surface area contributed by atoms with Crippen molar-refractivity contribution in [2.75, 3.05) is 38.2 Å². The van der Waals surface area contributed by atoms with E-state index in [0.717, 1.165) is 25.7 Å². The van der Waals surface area contributed by atoms with Crippen molar-refractivity contribution in [1.29, 1.82) is 0 Å². The highest BCUT2D eigenvalue weighted by atomic mass is 32.2. The van der Waals surface area contributed by atoms with Crippen molar-refractivity contribution in [2.24, 2.45) is 5.92 Å². The number of nitrogens with one attached hydrogen (secondary N) is 1. The molecule has 1 saturated heterocycles. The van der Waals surface area contributed by atoms with Gasteiger partial charge in [0.2, 0.25) is 15.9 Å². The van der Waals surface area contributed by atoms with Crippen LogP contribution in [0.15, 0.2) is 23.1 Å². The summed E-state index contributed by atoms with van der Waals surface area (Å²) in [6, 6.07) is 4.81. The third kappa shape index (κ3) is 4.19. The van der Waals surface area contributed by atoms with Crippen LogP contribution in [0.3, 0.4) is 0 Å². The van der Waals surface area contributed by atoms with Crippen LogP contribution in [0.25, 0.3) is 0 Å². The lowest BCUT2D eigenvalue weighted by atomic mass is 10.1. The minimum absolute atomic E-state index is 0.0147. The van der Waals surface area contributed by atoms with E-state index in [2.05, 4.69) is 5.32 Å². The molecule has 2 aliphatic rings. The van der Waals surface area contributed by atoms with E-state index in [1.54, 1.807) is 19.1 Å². The first-order valence-corrected chi connectivity index (χ1v) is 10.6. The Morgan fingerprint density at radius 1 is 1.27 bits per heavy atom. The molecule has 0 atom stereocenters. The van der Waals surface area contributed by atoms with Gasteiger partial charge in [0.15, 0.2) is 0 Å². The summed E-state index contributed by atoms with van der Waals surface area (Å²) in [5.74, 6) is 0.278. The SMILES string of the molecule is CCOc1ccc(NC(=O)C2CCCC2)cc1S(=O)(=O)N1CCOCC1. The Labute approximate surface area is 154 Å². The molecule has 1 amide bonds. The van der Waals surface area contributed by atoms with E-state index >= 15 is 0 Å². The summed E-state index contributed by atoms with van der Waals surface area (Å²) in [5.41, 5.74) is 0.484. The van der Waals surface area contributed by atoms with Crippen LogP contribution in [0.5, 0.6) is 5.75 Å². The maximum absolute atomic E-state index is 13.1. The molecule has 0 spiro atoms. The van der Waals surface area contributed by atoms with Crippen molar-refractivity contribution in [3.63, 3.8) is 0 Å². The smallest absolute Gasteiger partial charge is 0.246 e. The van der Waals surface area contributed by atoms with Crippen molar-refractivity contribution in [3.8, 4) is 5.75 Å². The predicted octanol–water partition coefficient (Wildman–Crippen LogP) is 2.23. The zero-order valence-electron chi connectivity index (χ0n) is 15.1. The molecular formula is C18H26N2O5S. The van der Waals surface area contributed by atoms with Gasteiger partial charge in [-0.25, -0.2) is 8.42 Å². The summed E-state index contributed by atoms with van der Waals surface area (Å²) < 4.78 is 38.3. The zero-order chi connectivity index (χ0) is 18.6. The summed E-state index contributed by atoms with van der Waals surface area (Å²) in [6.07, 6.45) is 3.92. The molecule has 1 saturated carbocycles. The lowest BCUT2D eigenvalue weighted by Crippen LogP contribution is -2.40. The molecule has 3 rings (SSSR count). The number of hydrogen-bond acceptors (Lipinski definition) is 5. The second kappa shape index (κ2) is 8.37. The molecule has 1 aliphatic carbocycles. The van der Waals surface area contributed by atoms with E-state index < -0.39 is 10.0 Å². The Hall–Kier alpha value is -1.64. The first-order valence-electron chi connectivity index (χ1n) is 9.18. The highest BCUT2D eigenvalue weighted by Gasteiger charge is 2.30. The van der Waals surface area contributed by atoms with E-state index in [1.807, 2.05) is 0 Å². The normalized spacial score (nSPS) is 19.4. The van der Waals surface area contributed by atoms with Gasteiger partial charge >= 0.3 is 0 Å². The quantitative estimate of drug-likeness (QED) is 0.816. The Bertz CT molecular complexity index is 738. The molecular weight excluding hydrogens is 356 g/mol. The Kier molecular flexibility index (Phi) is 6.16. The van der Waals surface area contributed by atoms with Gasteiger partial charge in [-0.1, -0.05) is 12.8 Å². The molecule has 0 aromatic heterocycles. The van der Waals surface area contributed by atoms with Gasteiger partial charge in [-0.2, -0.15) is 4.31 Å². The van der Waals surface area contributed by atoms with Crippen LogP contribution in [-0.4, -0.2) is 51.5 Å². The van der Waals surface area contributed by atoms with Crippen molar-refractivity contribution in [3.05, 3.63) is 18.2 Å². The number of sulfonamides is 1. The molecule has 2 fully saturated rings. The molecule has 1 aliphatic heterocycles. The highest BCUT2D eigenvalue weighted by molar-refractivity contribution is 7.89. The van der Waals surface area contributed by atoms with Crippen molar-refractivity contribution in [1.82, 2.24) is 4.31 Å². The molecule has 0 bridgehead atoms. The summed E-state index contributed by atoms with van der Waals surface area (Å²) in [4.78, 5) is 12.5. The fourth-order valence-electron chi connectivity index (χ4n) is 3.42. The average Bonchev–Trinajstić information content (AvgIpc) is 3.19. The summed E-state index contributed by atoms with van der Waals surface area (Å²) >= 11 is 0. The standard InChI is InChI=1S/C18H26N2O5S/c1-2-25-16-8-7-15(19-18(21)14-5-3-4-6-14)13-17(16)26(22,23)20-9-11-24-12-10-20/h7-8,13-14H,2-6,9-12H2,1H3,(H,19,21). The average molecular weight is 382 g/mol. The molecule has 1 aromatic carbocycles. The lowest BCUT2D eigenvalue weighted by Gasteiger charge is -2.27. The minimum Gasteiger partial charge on any atom is -0.492 e. The van der Waals surface area contributed by atoms with E-state index in [0.29, 0.717) is 44.3 Å². The summed E-state index contributed by atoms with van der Waals surface area (Å²) in [6.45, 7) is 3.54. The number of nitrogens with zero attached hydrogens (tertiary/aromatic N) is 1. The van der Waals surface area contributed by atoms with E-state index in [1.165, 1.54) is 10.4 Å². The van der Waals surface area contributed by atoms with Gasteiger partial charge in [0.25, 0.3) is 0 Å². The van der Waals surface area contributed by atoms with E-state index in [9.17, 15) is 13.2 Å². The van der Waals surface area contributed by atoms with Crippen LogP contribution in [0.4, 0.5) is 5.69 Å². The van der Waals surface area contributed by atoms with Crippen LogP contribution in [0.2, 0.25) is 0 Å². The first kappa shape index (κ1) is 19.1. The van der Waals surface area contributed by atoms with Crippen LogP contribution < -0.4 is 10.1 Å². The molecule has 7 nitrogen and oxygen atoms in total. The number of amides is 1. The number of morpholine rings is 1. The zero-order valence-corrected chi connectivity index (χ0v) is 15.9.